The summed E-state index contributed by atoms with van der Waals surface area (Å²) in [5.41, 5.74) is 19.3. The predicted octanol–water partition coefficient (Wildman–Crippen LogP) is 12.9. The average molecular weight is 732 g/mol. The van der Waals surface area contributed by atoms with Crippen LogP contribution in [0.3, 0.4) is 0 Å². The Bertz CT molecular complexity index is 2970. The number of fused-ring (bicyclic) bond motifs is 9. The van der Waals surface area contributed by atoms with E-state index in [1.807, 2.05) is 6.20 Å². The van der Waals surface area contributed by atoms with Crippen molar-refractivity contribution in [1.29, 1.82) is 0 Å². The minimum atomic E-state index is -0.288. The summed E-state index contributed by atoms with van der Waals surface area (Å²) in [5, 5.41) is 2.57. The van der Waals surface area contributed by atoms with E-state index in [-0.39, 0.29) is 11.3 Å². The first kappa shape index (κ1) is 32.5. The van der Waals surface area contributed by atoms with Gasteiger partial charge < -0.3 is 9.13 Å². The Morgan fingerprint density at radius 3 is 1.93 bits per heavy atom. The molecule has 2 unspecified atom stereocenters. The summed E-state index contributed by atoms with van der Waals surface area (Å²) in [6, 6.07) is 51.4. The normalized spacial score (nSPS) is 19.2. The van der Waals surface area contributed by atoms with Crippen molar-refractivity contribution in [1.82, 2.24) is 14.1 Å². The Morgan fingerprint density at radius 2 is 1.23 bits per heavy atom. The molecule has 5 aromatic carbocycles. The summed E-state index contributed by atoms with van der Waals surface area (Å²) >= 11 is 0. The average Bonchev–Trinajstić information content (AvgIpc) is 3.90. The van der Waals surface area contributed by atoms with Gasteiger partial charge in [-0.2, -0.15) is 0 Å². The number of allylic oxidation sites excluding steroid dienone is 6. The summed E-state index contributed by atoms with van der Waals surface area (Å²) in [7, 11) is 0. The van der Waals surface area contributed by atoms with E-state index in [4.69, 9.17) is 4.98 Å². The SMILES string of the molecule is C1=CC(C2(c3ccccc3)c3cccnc3C3=Cc4c(c5c(n4-c4ccc(-c6ccc(-n7c8ccccc8c8ccccc87)cc6)cc4)C=CCC5)CC32)=CCC1. The molecule has 0 aliphatic heterocycles. The van der Waals surface area contributed by atoms with Crippen molar-refractivity contribution in [3.05, 3.63) is 215 Å². The first-order chi connectivity index (χ1) is 28.3. The smallest absolute Gasteiger partial charge is 0.0710 e. The largest absolute Gasteiger partial charge is 0.310 e. The summed E-state index contributed by atoms with van der Waals surface area (Å²) in [6.45, 7) is 0. The van der Waals surface area contributed by atoms with Crippen molar-refractivity contribution in [3.8, 4) is 22.5 Å². The Morgan fingerprint density at radius 1 is 0.561 bits per heavy atom. The van der Waals surface area contributed by atoms with Crippen molar-refractivity contribution >= 4 is 39.5 Å². The highest BCUT2D eigenvalue weighted by Gasteiger charge is 2.54. The van der Waals surface area contributed by atoms with E-state index >= 15 is 0 Å². The van der Waals surface area contributed by atoms with E-state index in [2.05, 4.69) is 185 Å². The standard InChI is InChI=1S/C54H41N3/c1-3-14-38(15-4-1)54(39-16-5-2-6-17-39)47-21-13-33-55-53(47)46-35-52-45(34-48(46)54)44-20-9-12-24-51(44)57(52)41-31-27-37(28-32-41)36-25-29-40(30-26-36)56-49-22-10-7-18-42(49)43-19-8-11-23-50(43)56/h1,3-5,7-8,10-19,21-33,35,48H,2,6,9,20,34H2. The van der Waals surface area contributed by atoms with Crippen LogP contribution in [0.1, 0.15) is 58.6 Å². The molecule has 0 spiro atoms. The molecule has 0 saturated carbocycles. The molecule has 3 heteroatoms. The fraction of sp³-hybridized carbons (Fsp3) is 0.130. The van der Waals surface area contributed by atoms with Crippen LogP contribution in [0.4, 0.5) is 0 Å². The monoisotopic (exact) mass is 731 g/mol. The van der Waals surface area contributed by atoms with E-state index in [1.54, 1.807) is 0 Å². The fourth-order valence-corrected chi connectivity index (χ4v) is 10.9. The maximum Gasteiger partial charge on any atom is 0.0710 e. The van der Waals surface area contributed by atoms with E-state index in [0.29, 0.717) is 0 Å². The summed E-state index contributed by atoms with van der Waals surface area (Å²) in [4.78, 5) is 5.17. The van der Waals surface area contributed by atoms with Crippen LogP contribution in [0.15, 0.2) is 176 Å². The molecule has 8 aromatic rings. The molecule has 57 heavy (non-hydrogen) atoms. The van der Waals surface area contributed by atoms with E-state index < -0.39 is 0 Å². The van der Waals surface area contributed by atoms with Crippen LogP contribution in [0.25, 0.3) is 62.0 Å². The van der Waals surface area contributed by atoms with E-state index in [0.717, 1.165) is 37.8 Å². The van der Waals surface area contributed by atoms with Gasteiger partial charge >= 0.3 is 0 Å². The molecular formula is C54H41N3. The van der Waals surface area contributed by atoms with Crippen LogP contribution in [-0.2, 0) is 18.3 Å². The van der Waals surface area contributed by atoms with Crippen LogP contribution in [-0.4, -0.2) is 14.1 Å². The quantitative estimate of drug-likeness (QED) is 0.173. The third kappa shape index (κ3) is 4.69. The molecular weight excluding hydrogens is 691 g/mol. The number of rotatable bonds is 5. The molecule has 0 bridgehead atoms. The zero-order chi connectivity index (χ0) is 37.5. The number of para-hydroxylation sites is 2. The third-order valence-electron chi connectivity index (χ3n) is 13.2. The minimum Gasteiger partial charge on any atom is -0.310 e. The van der Waals surface area contributed by atoms with Crippen molar-refractivity contribution in [2.75, 3.05) is 0 Å². The molecule has 0 fully saturated rings. The van der Waals surface area contributed by atoms with E-state index in [1.165, 1.54) is 89.1 Å². The van der Waals surface area contributed by atoms with Gasteiger partial charge in [0.15, 0.2) is 0 Å². The number of pyridine rings is 1. The summed E-state index contributed by atoms with van der Waals surface area (Å²) < 4.78 is 4.91. The Balaban J connectivity index is 0.958. The van der Waals surface area contributed by atoms with Gasteiger partial charge in [-0.1, -0.05) is 121 Å². The van der Waals surface area contributed by atoms with Gasteiger partial charge in [0.2, 0.25) is 0 Å². The van der Waals surface area contributed by atoms with Crippen molar-refractivity contribution in [2.45, 2.75) is 37.5 Å². The first-order valence-corrected chi connectivity index (χ1v) is 20.5. The van der Waals surface area contributed by atoms with Gasteiger partial charge in [0.05, 0.1) is 27.8 Å². The molecule has 12 rings (SSSR count). The van der Waals surface area contributed by atoms with Gasteiger partial charge in [-0.25, -0.2) is 0 Å². The molecule has 0 saturated heterocycles. The maximum absolute atomic E-state index is 5.17. The zero-order valence-electron chi connectivity index (χ0n) is 31.8. The number of aromatic nitrogens is 3. The molecule has 0 N–H and O–H groups in total. The third-order valence-corrected chi connectivity index (χ3v) is 13.2. The number of nitrogens with zero attached hydrogens (tertiary/aromatic N) is 3. The lowest BCUT2D eigenvalue weighted by molar-refractivity contribution is 0.472. The molecule has 3 heterocycles. The van der Waals surface area contributed by atoms with Gasteiger partial charge in [0, 0.05) is 40.0 Å². The molecule has 0 amide bonds. The summed E-state index contributed by atoms with van der Waals surface area (Å²) in [6.07, 6.45) is 21.8. The van der Waals surface area contributed by atoms with Crippen molar-refractivity contribution in [3.63, 3.8) is 0 Å². The molecule has 4 aliphatic carbocycles. The predicted molar refractivity (Wildman–Crippen MR) is 236 cm³/mol. The maximum atomic E-state index is 5.17. The Kier molecular flexibility index (Phi) is 7.22. The van der Waals surface area contributed by atoms with Crippen LogP contribution < -0.4 is 0 Å². The highest BCUT2D eigenvalue weighted by Crippen LogP contribution is 2.61. The van der Waals surface area contributed by atoms with Gasteiger partial charge in [0.1, 0.15) is 0 Å². The lowest BCUT2D eigenvalue weighted by Gasteiger charge is -2.41. The Labute approximate surface area is 333 Å². The highest BCUT2D eigenvalue weighted by atomic mass is 15.0. The molecule has 3 aromatic heterocycles. The number of hydrogen-bond donors (Lipinski definition) is 0. The van der Waals surface area contributed by atoms with Gasteiger partial charge in [0.25, 0.3) is 0 Å². The first-order valence-electron chi connectivity index (χ1n) is 20.5. The molecule has 4 aliphatic rings. The zero-order valence-corrected chi connectivity index (χ0v) is 31.8. The second-order valence-electron chi connectivity index (χ2n) is 16.0. The second kappa shape index (κ2) is 12.7. The van der Waals surface area contributed by atoms with Crippen LogP contribution in [0, 0.1) is 5.92 Å². The lowest BCUT2D eigenvalue weighted by atomic mass is 9.61. The second-order valence-corrected chi connectivity index (χ2v) is 16.0. The van der Waals surface area contributed by atoms with Gasteiger partial charge in [-0.05, 0) is 131 Å². The van der Waals surface area contributed by atoms with Crippen LogP contribution in [0.5, 0.6) is 0 Å². The molecule has 272 valence electrons. The molecule has 2 atom stereocenters. The van der Waals surface area contributed by atoms with Crippen molar-refractivity contribution < 1.29 is 0 Å². The van der Waals surface area contributed by atoms with Gasteiger partial charge in [-0.15, -0.1) is 0 Å². The van der Waals surface area contributed by atoms with Crippen molar-refractivity contribution in [2.24, 2.45) is 5.92 Å². The topological polar surface area (TPSA) is 22.8 Å². The minimum absolute atomic E-state index is 0.255. The van der Waals surface area contributed by atoms with Gasteiger partial charge in [-0.3, -0.25) is 4.98 Å². The van der Waals surface area contributed by atoms with Crippen LogP contribution >= 0.6 is 0 Å². The number of benzene rings is 5. The lowest BCUT2D eigenvalue weighted by Crippen LogP contribution is -2.37. The molecule has 3 nitrogen and oxygen atoms in total. The fourth-order valence-electron chi connectivity index (χ4n) is 10.9. The molecule has 0 radical (unpaired) electrons. The highest BCUT2D eigenvalue weighted by molar-refractivity contribution is 6.09. The summed E-state index contributed by atoms with van der Waals surface area (Å²) in [5.74, 6) is 0.255. The Hall–Kier alpha value is -6.71. The number of hydrogen-bond acceptors (Lipinski definition) is 1. The van der Waals surface area contributed by atoms with Crippen LogP contribution in [0.2, 0.25) is 0 Å². The van der Waals surface area contributed by atoms with E-state index in [9.17, 15) is 0 Å².